The van der Waals surface area contributed by atoms with Crippen LogP contribution in [0.25, 0.3) is 0 Å². The van der Waals surface area contributed by atoms with Crippen LogP contribution in [0.2, 0.25) is 0 Å². The molecule has 1 saturated heterocycles. The molecule has 10 heteroatoms. The lowest BCUT2D eigenvalue weighted by Crippen LogP contribution is -2.39. The van der Waals surface area contributed by atoms with Gasteiger partial charge >= 0.3 is 6.18 Å². The van der Waals surface area contributed by atoms with Gasteiger partial charge in [-0.25, -0.2) is 8.42 Å². The van der Waals surface area contributed by atoms with E-state index in [4.69, 9.17) is 0 Å². The van der Waals surface area contributed by atoms with Crippen molar-refractivity contribution in [3.8, 4) is 0 Å². The van der Waals surface area contributed by atoms with Crippen LogP contribution in [-0.4, -0.2) is 57.1 Å². The first-order valence-corrected chi connectivity index (χ1v) is 12.5. The average molecular weight is 484 g/mol. The second kappa shape index (κ2) is 10.1. The highest BCUT2D eigenvalue weighted by atomic mass is 32.2. The fourth-order valence-corrected chi connectivity index (χ4v) is 4.59. The third-order valence-corrected chi connectivity index (χ3v) is 6.34. The van der Waals surface area contributed by atoms with Crippen LogP contribution in [-0.2, 0) is 27.4 Å². The molecule has 1 fully saturated rings. The van der Waals surface area contributed by atoms with Gasteiger partial charge in [-0.15, -0.1) is 0 Å². The van der Waals surface area contributed by atoms with Crippen LogP contribution in [0.1, 0.15) is 35.6 Å². The Kier molecular flexibility index (Phi) is 7.69. The lowest BCUT2D eigenvalue weighted by atomic mass is 10.0. The zero-order chi connectivity index (χ0) is 24.2. The maximum atomic E-state index is 13.2. The number of likely N-dealkylation sites (N-methyl/N-ethyl adjacent to an activating group) is 1. The highest BCUT2D eigenvalue weighted by molar-refractivity contribution is 7.92. The first kappa shape index (κ1) is 25.0. The number of amides is 1. The predicted octanol–water partition coefficient (Wildman–Crippen LogP) is 3.91. The van der Waals surface area contributed by atoms with E-state index in [9.17, 15) is 26.4 Å². The summed E-state index contributed by atoms with van der Waals surface area (Å²) in [6.45, 7) is 2.55. The molecule has 2 aromatic carbocycles. The number of halogens is 3. The Labute approximate surface area is 192 Å². The van der Waals surface area contributed by atoms with E-state index in [0.717, 1.165) is 55.9 Å². The molecule has 6 nitrogen and oxygen atoms in total. The zero-order valence-electron chi connectivity index (χ0n) is 18.6. The maximum Gasteiger partial charge on any atom is 0.416 e. The summed E-state index contributed by atoms with van der Waals surface area (Å²) in [5.74, 6) is -0.320. The number of hydrogen-bond acceptors (Lipinski definition) is 4. The standard InChI is InChI=1S/C23H28F3N3O3S/c1-28(21(16-29-12-6-7-13-29)17-8-4-3-5-9-17)22(30)14-18-10-11-19(23(24,25)26)15-20(18)27-33(2,31)32/h3-5,8-11,15,21,27H,6-7,12-14,16H2,1-2H3/t21-/m1/s1. The van der Waals surface area contributed by atoms with E-state index in [1.54, 1.807) is 11.9 Å². The Balaban J connectivity index is 1.87. The average Bonchev–Trinajstić information content (AvgIpc) is 3.25. The number of nitrogens with zero attached hydrogens (tertiary/aromatic N) is 2. The fourth-order valence-electron chi connectivity index (χ4n) is 4.00. The van der Waals surface area contributed by atoms with Gasteiger partial charge in [-0.1, -0.05) is 36.4 Å². The maximum absolute atomic E-state index is 13.2. The van der Waals surface area contributed by atoms with Crippen molar-refractivity contribution in [2.45, 2.75) is 31.5 Å². The van der Waals surface area contributed by atoms with Crippen molar-refractivity contribution in [1.82, 2.24) is 9.80 Å². The summed E-state index contributed by atoms with van der Waals surface area (Å²) in [4.78, 5) is 17.1. The highest BCUT2D eigenvalue weighted by Gasteiger charge is 2.32. The van der Waals surface area contributed by atoms with Gasteiger partial charge < -0.3 is 9.80 Å². The van der Waals surface area contributed by atoms with Crippen LogP contribution in [0.3, 0.4) is 0 Å². The Morgan fingerprint density at radius 1 is 1.12 bits per heavy atom. The molecule has 0 aliphatic carbocycles. The van der Waals surface area contributed by atoms with E-state index < -0.39 is 21.8 Å². The Hall–Kier alpha value is -2.59. The fraction of sp³-hybridized carbons (Fsp3) is 0.435. The second-order valence-corrected chi connectivity index (χ2v) is 10.1. The van der Waals surface area contributed by atoms with Gasteiger partial charge in [-0.05, 0) is 49.2 Å². The smallest absolute Gasteiger partial charge is 0.337 e. The number of carbonyl (C=O) groups excluding carboxylic acids is 1. The molecule has 1 aliphatic rings. The van der Waals surface area contributed by atoms with Crippen molar-refractivity contribution in [2.75, 3.05) is 37.7 Å². The first-order chi connectivity index (χ1) is 15.4. The second-order valence-electron chi connectivity index (χ2n) is 8.36. The molecule has 1 amide bonds. The molecule has 33 heavy (non-hydrogen) atoms. The molecule has 3 rings (SSSR count). The molecule has 0 spiro atoms. The number of sulfonamides is 1. The van der Waals surface area contributed by atoms with Gasteiger partial charge in [-0.3, -0.25) is 9.52 Å². The summed E-state index contributed by atoms with van der Waals surface area (Å²) >= 11 is 0. The number of rotatable bonds is 8. The number of alkyl halides is 3. The summed E-state index contributed by atoms with van der Waals surface area (Å²) in [5, 5.41) is 0. The summed E-state index contributed by atoms with van der Waals surface area (Å²) in [6.07, 6.45) is -1.82. The van der Waals surface area contributed by atoms with Crippen LogP contribution < -0.4 is 4.72 Å². The lowest BCUT2D eigenvalue weighted by molar-refractivity contribution is -0.137. The van der Waals surface area contributed by atoms with Crippen LogP contribution in [0, 0.1) is 0 Å². The normalized spacial score (nSPS) is 15.9. The number of likely N-dealkylation sites (tertiary alicyclic amines) is 1. The summed E-state index contributed by atoms with van der Waals surface area (Å²) in [5.41, 5.74) is -0.0975. The van der Waals surface area contributed by atoms with Crippen LogP contribution >= 0.6 is 0 Å². The molecule has 0 saturated carbocycles. The summed E-state index contributed by atoms with van der Waals surface area (Å²) in [7, 11) is -2.17. The van der Waals surface area contributed by atoms with Crippen LogP contribution in [0.4, 0.5) is 18.9 Å². The molecule has 0 unspecified atom stereocenters. The van der Waals surface area contributed by atoms with Crippen molar-refractivity contribution < 1.29 is 26.4 Å². The SMILES string of the molecule is CN(C(=O)Cc1ccc(C(F)(F)F)cc1NS(C)(=O)=O)[C@H](CN1CCCC1)c1ccccc1. The van der Waals surface area contributed by atoms with Crippen molar-refractivity contribution in [2.24, 2.45) is 0 Å². The Morgan fingerprint density at radius 2 is 1.76 bits per heavy atom. The topological polar surface area (TPSA) is 69.7 Å². The third kappa shape index (κ3) is 6.94. The van der Waals surface area contributed by atoms with Crippen molar-refractivity contribution in [3.05, 3.63) is 65.2 Å². The lowest BCUT2D eigenvalue weighted by Gasteiger charge is -2.32. The van der Waals surface area contributed by atoms with E-state index in [-0.39, 0.29) is 29.6 Å². The number of anilines is 1. The van der Waals surface area contributed by atoms with Crippen LogP contribution in [0.5, 0.6) is 0 Å². The van der Waals surface area contributed by atoms with Gasteiger partial charge in [0.2, 0.25) is 15.9 Å². The minimum Gasteiger partial charge on any atom is -0.337 e. The van der Waals surface area contributed by atoms with Crippen molar-refractivity contribution in [1.29, 1.82) is 0 Å². The van der Waals surface area contributed by atoms with Crippen molar-refractivity contribution in [3.63, 3.8) is 0 Å². The van der Waals surface area contributed by atoms with E-state index in [1.807, 2.05) is 30.3 Å². The van der Waals surface area contributed by atoms with E-state index >= 15 is 0 Å². The summed E-state index contributed by atoms with van der Waals surface area (Å²) < 4.78 is 65.0. The Morgan fingerprint density at radius 3 is 2.33 bits per heavy atom. The monoisotopic (exact) mass is 483 g/mol. The minimum absolute atomic E-state index is 0.179. The quantitative estimate of drug-likeness (QED) is 0.618. The number of benzene rings is 2. The van der Waals surface area contributed by atoms with Gasteiger partial charge in [0.1, 0.15) is 0 Å². The molecule has 2 aromatic rings. The molecule has 0 radical (unpaired) electrons. The molecule has 1 atom stereocenters. The predicted molar refractivity (Wildman–Crippen MR) is 121 cm³/mol. The first-order valence-electron chi connectivity index (χ1n) is 10.6. The number of carbonyl (C=O) groups is 1. The van der Waals surface area contributed by atoms with E-state index in [1.165, 1.54) is 0 Å². The van der Waals surface area contributed by atoms with E-state index in [2.05, 4.69) is 9.62 Å². The summed E-state index contributed by atoms with van der Waals surface area (Å²) in [6, 6.07) is 12.1. The zero-order valence-corrected chi connectivity index (χ0v) is 19.4. The highest BCUT2D eigenvalue weighted by Crippen LogP contribution is 2.33. The van der Waals surface area contributed by atoms with E-state index in [0.29, 0.717) is 6.54 Å². The van der Waals surface area contributed by atoms with Gasteiger partial charge in [0.25, 0.3) is 0 Å². The Bertz CT molecular complexity index is 1070. The van der Waals surface area contributed by atoms with Gasteiger partial charge in [0, 0.05) is 13.6 Å². The molecule has 1 aliphatic heterocycles. The largest absolute Gasteiger partial charge is 0.416 e. The van der Waals surface area contributed by atoms with Gasteiger partial charge in [0.05, 0.1) is 30.0 Å². The molecule has 0 aromatic heterocycles. The minimum atomic E-state index is -4.64. The molecule has 0 bridgehead atoms. The molecular formula is C23H28F3N3O3S. The van der Waals surface area contributed by atoms with Gasteiger partial charge in [-0.2, -0.15) is 13.2 Å². The third-order valence-electron chi connectivity index (χ3n) is 5.75. The van der Waals surface area contributed by atoms with Crippen LogP contribution in [0.15, 0.2) is 48.5 Å². The molecule has 1 heterocycles. The molecule has 1 N–H and O–H groups in total. The van der Waals surface area contributed by atoms with Gasteiger partial charge in [0.15, 0.2) is 0 Å². The molecular weight excluding hydrogens is 455 g/mol. The number of nitrogens with one attached hydrogen (secondary N) is 1. The van der Waals surface area contributed by atoms with Crippen molar-refractivity contribution >= 4 is 21.6 Å². The molecule has 180 valence electrons. The number of hydrogen-bond donors (Lipinski definition) is 1.